The molecule has 5 nitrogen and oxygen atoms in total. The molecule has 3 rings (SSSR count). The fraction of sp³-hybridized carbons (Fsp3) is 0.357. The molecular formula is C14H12BrN3O2. The van der Waals surface area contributed by atoms with Crippen molar-refractivity contribution in [3.05, 3.63) is 28.2 Å². The lowest BCUT2D eigenvalue weighted by molar-refractivity contribution is -0.139. The van der Waals surface area contributed by atoms with Gasteiger partial charge in [0.2, 0.25) is 5.91 Å². The molecule has 102 valence electrons. The Balaban J connectivity index is 1.80. The number of benzene rings is 1. The molecule has 1 saturated carbocycles. The summed E-state index contributed by atoms with van der Waals surface area (Å²) in [6.45, 7) is 0. The van der Waals surface area contributed by atoms with Gasteiger partial charge < -0.3 is 5.32 Å². The smallest absolute Gasteiger partial charge is 0.252 e. The van der Waals surface area contributed by atoms with Crippen molar-refractivity contribution >= 4 is 33.4 Å². The summed E-state index contributed by atoms with van der Waals surface area (Å²) >= 11 is 3.30. The normalized spacial score (nSPS) is 22.0. The molecule has 1 aliphatic carbocycles. The molecule has 0 aromatic heterocycles. The van der Waals surface area contributed by atoms with Crippen LogP contribution in [-0.4, -0.2) is 28.8 Å². The summed E-state index contributed by atoms with van der Waals surface area (Å²) in [7, 11) is 0. The number of nitrogens with one attached hydrogen (secondary N) is 1. The summed E-state index contributed by atoms with van der Waals surface area (Å²) in [6, 6.07) is 6.83. The number of likely N-dealkylation sites (tertiary alicyclic amines) is 1. The van der Waals surface area contributed by atoms with Crippen LogP contribution in [0.15, 0.2) is 22.7 Å². The Morgan fingerprint density at radius 1 is 1.35 bits per heavy atom. The van der Waals surface area contributed by atoms with Crippen LogP contribution in [0.4, 0.5) is 5.69 Å². The van der Waals surface area contributed by atoms with Gasteiger partial charge in [0.05, 0.1) is 17.7 Å². The molecule has 0 spiro atoms. The van der Waals surface area contributed by atoms with E-state index >= 15 is 0 Å². The highest BCUT2D eigenvalue weighted by molar-refractivity contribution is 9.10. The summed E-state index contributed by atoms with van der Waals surface area (Å²) in [4.78, 5) is 25.5. The van der Waals surface area contributed by atoms with Crippen LogP contribution < -0.4 is 5.32 Å². The van der Waals surface area contributed by atoms with E-state index in [0.717, 1.165) is 17.3 Å². The number of anilines is 1. The van der Waals surface area contributed by atoms with E-state index in [-0.39, 0.29) is 24.3 Å². The number of carbonyl (C=O) groups excluding carboxylic acids is 2. The summed E-state index contributed by atoms with van der Waals surface area (Å²) in [5.74, 6) is -0.296. The molecule has 0 radical (unpaired) electrons. The Bertz CT molecular complexity index is 634. The van der Waals surface area contributed by atoms with Gasteiger partial charge in [-0.2, -0.15) is 5.26 Å². The maximum absolute atomic E-state index is 12.2. The summed E-state index contributed by atoms with van der Waals surface area (Å²) in [6.07, 6.45) is 1.98. The topological polar surface area (TPSA) is 73.2 Å². The molecule has 2 aliphatic rings. The van der Waals surface area contributed by atoms with E-state index in [4.69, 9.17) is 5.26 Å². The van der Waals surface area contributed by atoms with Crippen LogP contribution in [0, 0.1) is 11.3 Å². The molecule has 1 N–H and O–H groups in total. The second kappa shape index (κ2) is 4.91. The lowest BCUT2D eigenvalue weighted by Crippen LogP contribution is -2.36. The second-order valence-electron chi connectivity index (χ2n) is 5.04. The summed E-state index contributed by atoms with van der Waals surface area (Å²) in [5.41, 5.74) is 1.03. The van der Waals surface area contributed by atoms with Crippen molar-refractivity contribution in [2.45, 2.75) is 31.3 Å². The number of amides is 2. The van der Waals surface area contributed by atoms with Crippen molar-refractivity contribution < 1.29 is 9.59 Å². The number of hydrogen-bond acceptors (Lipinski definition) is 4. The zero-order valence-corrected chi connectivity index (χ0v) is 12.2. The molecule has 1 aromatic rings. The van der Waals surface area contributed by atoms with Crippen molar-refractivity contribution in [3.63, 3.8) is 0 Å². The third kappa shape index (κ3) is 2.29. The van der Waals surface area contributed by atoms with E-state index in [1.165, 1.54) is 4.90 Å². The molecule has 2 fully saturated rings. The zero-order valence-electron chi connectivity index (χ0n) is 10.6. The van der Waals surface area contributed by atoms with Crippen molar-refractivity contribution in [1.82, 2.24) is 4.90 Å². The molecule has 1 aliphatic heterocycles. The molecular weight excluding hydrogens is 322 g/mol. The standard InChI is InChI=1S/C14H12BrN3O2/c15-9-1-4-11(8(5-9)7-16)17-12-6-13(19)18(14(12)20)10-2-3-10/h1,4-5,10,12,17H,2-3,6H2. The van der Waals surface area contributed by atoms with Crippen molar-refractivity contribution in [2.24, 2.45) is 0 Å². The molecule has 20 heavy (non-hydrogen) atoms. The van der Waals surface area contributed by atoms with E-state index in [9.17, 15) is 9.59 Å². The Kier molecular flexibility index (Phi) is 3.22. The van der Waals surface area contributed by atoms with Crippen molar-refractivity contribution in [1.29, 1.82) is 5.26 Å². The average molecular weight is 334 g/mol. The monoisotopic (exact) mass is 333 g/mol. The first-order valence-electron chi connectivity index (χ1n) is 6.42. The Morgan fingerprint density at radius 3 is 2.75 bits per heavy atom. The van der Waals surface area contributed by atoms with Crippen molar-refractivity contribution in [3.8, 4) is 6.07 Å². The fourth-order valence-corrected chi connectivity index (χ4v) is 2.76. The first-order chi connectivity index (χ1) is 9.60. The van der Waals surface area contributed by atoms with Crippen LogP contribution in [0.3, 0.4) is 0 Å². The highest BCUT2D eigenvalue weighted by Crippen LogP contribution is 2.32. The number of halogens is 1. The molecule has 1 aromatic carbocycles. The van der Waals surface area contributed by atoms with Gasteiger partial charge >= 0.3 is 0 Å². The molecule has 6 heteroatoms. The number of nitriles is 1. The van der Waals surface area contributed by atoms with Crippen LogP contribution in [0.1, 0.15) is 24.8 Å². The van der Waals surface area contributed by atoms with Gasteiger partial charge in [0.15, 0.2) is 0 Å². The number of hydrogen-bond donors (Lipinski definition) is 1. The van der Waals surface area contributed by atoms with E-state index < -0.39 is 6.04 Å². The maximum Gasteiger partial charge on any atom is 0.252 e. The molecule has 2 amide bonds. The summed E-state index contributed by atoms with van der Waals surface area (Å²) in [5, 5.41) is 12.1. The predicted molar refractivity (Wildman–Crippen MR) is 75.8 cm³/mol. The van der Waals surface area contributed by atoms with Gasteiger partial charge in [-0.15, -0.1) is 0 Å². The Morgan fingerprint density at radius 2 is 2.10 bits per heavy atom. The van der Waals surface area contributed by atoms with Crippen LogP contribution in [0.25, 0.3) is 0 Å². The number of carbonyl (C=O) groups is 2. The summed E-state index contributed by atoms with van der Waals surface area (Å²) < 4.78 is 0.799. The Labute approximate surface area is 124 Å². The van der Waals surface area contributed by atoms with E-state index in [1.807, 2.05) is 0 Å². The van der Waals surface area contributed by atoms with Gasteiger partial charge in [0, 0.05) is 10.5 Å². The predicted octanol–water partition coefficient (Wildman–Crippen LogP) is 2.02. The highest BCUT2D eigenvalue weighted by atomic mass is 79.9. The average Bonchev–Trinajstić information content (AvgIpc) is 3.20. The third-order valence-corrected chi connectivity index (χ3v) is 4.02. The molecule has 1 unspecified atom stereocenters. The lowest BCUT2D eigenvalue weighted by Gasteiger charge is -2.15. The minimum atomic E-state index is -0.559. The molecule has 1 saturated heterocycles. The maximum atomic E-state index is 12.2. The lowest BCUT2D eigenvalue weighted by atomic mass is 10.1. The van der Waals surface area contributed by atoms with Crippen LogP contribution in [0.2, 0.25) is 0 Å². The molecule has 0 bridgehead atoms. The van der Waals surface area contributed by atoms with Crippen LogP contribution in [0.5, 0.6) is 0 Å². The SMILES string of the molecule is N#Cc1cc(Br)ccc1NC1CC(=O)N(C2CC2)C1=O. The van der Waals surface area contributed by atoms with Gasteiger partial charge in [-0.3, -0.25) is 14.5 Å². The largest absolute Gasteiger partial charge is 0.372 e. The number of imide groups is 1. The second-order valence-corrected chi connectivity index (χ2v) is 5.95. The van der Waals surface area contributed by atoms with Gasteiger partial charge in [-0.25, -0.2) is 0 Å². The number of rotatable bonds is 3. The number of nitrogens with zero attached hydrogens (tertiary/aromatic N) is 2. The fourth-order valence-electron chi connectivity index (χ4n) is 2.40. The van der Waals surface area contributed by atoms with Crippen LogP contribution >= 0.6 is 15.9 Å². The zero-order chi connectivity index (χ0) is 14.3. The van der Waals surface area contributed by atoms with E-state index in [1.54, 1.807) is 18.2 Å². The minimum absolute atomic E-state index is 0.0992. The molecule has 1 atom stereocenters. The highest BCUT2D eigenvalue weighted by Gasteiger charge is 2.46. The minimum Gasteiger partial charge on any atom is -0.372 e. The third-order valence-electron chi connectivity index (χ3n) is 3.53. The van der Waals surface area contributed by atoms with Crippen LogP contribution in [-0.2, 0) is 9.59 Å². The van der Waals surface area contributed by atoms with Gasteiger partial charge in [-0.1, -0.05) is 15.9 Å². The van der Waals surface area contributed by atoms with Crippen molar-refractivity contribution in [2.75, 3.05) is 5.32 Å². The first kappa shape index (κ1) is 13.1. The van der Waals surface area contributed by atoms with Gasteiger partial charge in [0.25, 0.3) is 5.91 Å². The van der Waals surface area contributed by atoms with Gasteiger partial charge in [0.1, 0.15) is 12.1 Å². The Hall–Kier alpha value is -1.87. The van der Waals surface area contributed by atoms with E-state index in [0.29, 0.717) is 11.3 Å². The first-order valence-corrected chi connectivity index (χ1v) is 7.21. The molecule has 1 heterocycles. The van der Waals surface area contributed by atoms with E-state index in [2.05, 4.69) is 27.3 Å². The quantitative estimate of drug-likeness (QED) is 0.859. The van der Waals surface area contributed by atoms with Gasteiger partial charge in [-0.05, 0) is 31.0 Å².